The molecule has 2 rings (SSSR count). The summed E-state index contributed by atoms with van der Waals surface area (Å²) >= 11 is 7.39. The molecule has 0 saturated carbocycles. The second kappa shape index (κ2) is 6.48. The highest BCUT2D eigenvalue weighted by molar-refractivity contribution is 8.01. The van der Waals surface area contributed by atoms with Gasteiger partial charge < -0.3 is 14.4 Å². The summed E-state index contributed by atoms with van der Waals surface area (Å²) in [6.45, 7) is 12.9. The highest BCUT2D eigenvalue weighted by atomic mass is 32.2. The largest absolute Gasteiger partial charge is 0.423 e. The van der Waals surface area contributed by atoms with E-state index in [2.05, 4.69) is 13.8 Å². The van der Waals surface area contributed by atoms with Gasteiger partial charge in [-0.25, -0.2) is 4.79 Å². The summed E-state index contributed by atoms with van der Waals surface area (Å²) in [7, 11) is 0. The molecule has 1 unspecified atom stereocenters. The van der Waals surface area contributed by atoms with Crippen molar-refractivity contribution in [1.29, 1.82) is 0 Å². The van der Waals surface area contributed by atoms with Gasteiger partial charge in [0.2, 0.25) is 0 Å². The summed E-state index contributed by atoms with van der Waals surface area (Å²) in [6.07, 6.45) is 1.06. The Hall–Kier alpha value is -0.820. The summed E-state index contributed by atoms with van der Waals surface area (Å²) in [5, 5.41) is 0.219. The lowest BCUT2D eigenvalue weighted by Gasteiger charge is -2.49. The molecule has 24 heavy (non-hydrogen) atoms. The van der Waals surface area contributed by atoms with Gasteiger partial charge in [-0.3, -0.25) is 4.79 Å². The number of carbonyl (C=O) groups is 2. The van der Waals surface area contributed by atoms with Crippen LogP contribution in [0.1, 0.15) is 54.9 Å². The zero-order valence-electron chi connectivity index (χ0n) is 15.4. The minimum absolute atomic E-state index is 0.219. The summed E-state index contributed by atoms with van der Waals surface area (Å²) < 4.78 is 10.3. The fourth-order valence-electron chi connectivity index (χ4n) is 3.47. The predicted molar refractivity (Wildman–Crippen MR) is 98.6 cm³/mol. The van der Waals surface area contributed by atoms with Crippen molar-refractivity contribution >= 4 is 40.9 Å². The van der Waals surface area contributed by atoms with Crippen molar-refractivity contribution < 1.29 is 19.1 Å². The van der Waals surface area contributed by atoms with Gasteiger partial charge in [-0.1, -0.05) is 32.5 Å². The van der Waals surface area contributed by atoms with Crippen LogP contribution in [0.3, 0.4) is 0 Å². The fourth-order valence-corrected chi connectivity index (χ4v) is 6.05. The van der Waals surface area contributed by atoms with Gasteiger partial charge in [0.05, 0.1) is 10.4 Å². The lowest BCUT2D eigenvalue weighted by molar-refractivity contribution is -0.218. The Balaban J connectivity index is 2.17. The zero-order chi connectivity index (χ0) is 18.4. The molecule has 0 amide bonds. The van der Waals surface area contributed by atoms with Crippen molar-refractivity contribution in [3.05, 3.63) is 0 Å². The Morgan fingerprint density at radius 3 is 2.46 bits per heavy atom. The molecule has 2 heterocycles. The van der Waals surface area contributed by atoms with Crippen molar-refractivity contribution in [2.24, 2.45) is 11.8 Å². The normalized spacial score (nSPS) is 29.5. The highest BCUT2D eigenvalue weighted by Crippen LogP contribution is 2.56. The van der Waals surface area contributed by atoms with Gasteiger partial charge in [-0.2, -0.15) is 0 Å². The molecule has 2 aliphatic heterocycles. The molecule has 7 heteroatoms. The number of fused-ring (bicyclic) bond motifs is 1. The zero-order valence-corrected chi connectivity index (χ0v) is 17.0. The predicted octanol–water partition coefficient (Wildman–Crippen LogP) is 3.35. The quantitative estimate of drug-likeness (QED) is 0.416. The number of esters is 2. The van der Waals surface area contributed by atoms with Gasteiger partial charge in [0, 0.05) is 31.4 Å². The lowest BCUT2D eigenvalue weighted by Crippen LogP contribution is -2.63. The Kier molecular flexibility index (Phi) is 5.27. The average molecular weight is 374 g/mol. The third-order valence-electron chi connectivity index (χ3n) is 4.70. The van der Waals surface area contributed by atoms with Gasteiger partial charge in [0.25, 0.3) is 5.79 Å². The maximum absolute atomic E-state index is 12.8. The van der Waals surface area contributed by atoms with Crippen LogP contribution in [0.2, 0.25) is 0 Å². The van der Waals surface area contributed by atoms with Crippen LogP contribution >= 0.6 is 24.0 Å². The van der Waals surface area contributed by atoms with Crippen LogP contribution in [0, 0.1) is 11.8 Å². The smallest absolute Gasteiger partial charge is 0.333 e. The summed E-state index contributed by atoms with van der Waals surface area (Å²) in [4.78, 5) is 26.8. The lowest BCUT2D eigenvalue weighted by atomic mass is 9.82. The van der Waals surface area contributed by atoms with Crippen LogP contribution in [0.4, 0.5) is 0 Å². The second-order valence-corrected chi connectivity index (χ2v) is 9.77. The van der Waals surface area contributed by atoms with Crippen molar-refractivity contribution in [2.45, 2.75) is 76.8 Å². The van der Waals surface area contributed by atoms with Gasteiger partial charge in [-0.15, -0.1) is 11.8 Å². The molecule has 0 aromatic rings. The van der Waals surface area contributed by atoms with Gasteiger partial charge >= 0.3 is 11.9 Å². The summed E-state index contributed by atoms with van der Waals surface area (Å²) in [6, 6.07) is -0.463. The number of thioether (sulfide) groups is 1. The van der Waals surface area contributed by atoms with E-state index in [1.165, 1.54) is 6.92 Å². The first-order valence-electron chi connectivity index (χ1n) is 8.33. The van der Waals surface area contributed by atoms with Crippen LogP contribution < -0.4 is 0 Å². The van der Waals surface area contributed by atoms with Crippen molar-refractivity contribution in [3.63, 3.8) is 0 Å². The third-order valence-corrected chi connectivity index (χ3v) is 6.77. The molecular formula is C17H27NO4S2. The minimum Gasteiger partial charge on any atom is -0.423 e. The first-order chi connectivity index (χ1) is 10.9. The van der Waals surface area contributed by atoms with Crippen molar-refractivity contribution in [1.82, 2.24) is 4.90 Å². The first kappa shape index (κ1) is 19.5. The minimum atomic E-state index is -1.29. The van der Waals surface area contributed by atoms with Crippen LogP contribution in [-0.2, 0) is 19.1 Å². The number of nitrogens with zero attached hydrogens (tertiary/aromatic N) is 1. The number of carbonyl (C=O) groups excluding carboxylic acids is 2. The number of rotatable bonds is 5. The Labute approximate surface area is 153 Å². The molecule has 0 bridgehead atoms. The van der Waals surface area contributed by atoms with Gasteiger partial charge in [-0.05, 0) is 19.8 Å². The van der Waals surface area contributed by atoms with E-state index in [9.17, 15) is 9.59 Å². The van der Waals surface area contributed by atoms with E-state index < -0.39 is 23.8 Å². The first-order valence-corrected chi connectivity index (χ1v) is 9.62. The van der Waals surface area contributed by atoms with E-state index in [4.69, 9.17) is 21.7 Å². The molecule has 0 spiro atoms. The maximum atomic E-state index is 12.8. The van der Waals surface area contributed by atoms with Gasteiger partial charge in [0.15, 0.2) is 0 Å². The average Bonchev–Trinajstić information content (AvgIpc) is 2.64. The van der Waals surface area contributed by atoms with Crippen molar-refractivity contribution in [2.75, 3.05) is 0 Å². The molecule has 2 aliphatic rings. The monoisotopic (exact) mass is 373 g/mol. The molecule has 0 aromatic carbocycles. The Bertz CT molecular complexity index is 561. The molecular weight excluding hydrogens is 346 g/mol. The molecule has 0 radical (unpaired) electrons. The topological polar surface area (TPSA) is 55.8 Å². The Morgan fingerprint density at radius 2 is 1.96 bits per heavy atom. The summed E-state index contributed by atoms with van der Waals surface area (Å²) in [5.41, 5.74) is 0. The number of hydrogen-bond acceptors (Lipinski definition) is 6. The molecule has 4 atom stereocenters. The SMILES string of the molecule is CCC(C)[C@@H]1C(=S)N2[C@@H]1SC(C)(C)[C@@H]2C(=O)OC(C)(C)OC(C)=O. The van der Waals surface area contributed by atoms with Crippen LogP contribution in [-0.4, -0.2) is 43.8 Å². The second-order valence-electron chi connectivity index (χ2n) is 7.59. The highest BCUT2D eigenvalue weighted by Gasteiger charge is 2.63. The molecule has 136 valence electrons. The number of thiocarbonyl (C=S) groups is 1. The molecule has 2 saturated heterocycles. The van der Waals surface area contributed by atoms with E-state index >= 15 is 0 Å². The maximum Gasteiger partial charge on any atom is 0.333 e. The van der Waals surface area contributed by atoms with E-state index in [-0.39, 0.29) is 10.1 Å². The number of hydrogen-bond donors (Lipinski definition) is 0. The molecule has 0 N–H and O–H groups in total. The van der Waals surface area contributed by atoms with E-state index in [1.54, 1.807) is 25.6 Å². The summed E-state index contributed by atoms with van der Waals surface area (Å²) in [5.74, 6) is -1.35. The third kappa shape index (κ3) is 3.43. The molecule has 2 fully saturated rings. The number of ether oxygens (including phenoxy) is 2. The molecule has 0 aliphatic carbocycles. The van der Waals surface area contributed by atoms with Crippen LogP contribution in [0.25, 0.3) is 0 Å². The van der Waals surface area contributed by atoms with Crippen LogP contribution in [0.5, 0.6) is 0 Å². The Morgan fingerprint density at radius 1 is 1.38 bits per heavy atom. The molecule has 0 aromatic heterocycles. The van der Waals surface area contributed by atoms with Gasteiger partial charge in [0.1, 0.15) is 6.04 Å². The van der Waals surface area contributed by atoms with Crippen molar-refractivity contribution in [3.8, 4) is 0 Å². The fraction of sp³-hybridized carbons (Fsp3) is 0.824. The van der Waals surface area contributed by atoms with E-state index in [1.807, 2.05) is 18.7 Å². The van der Waals surface area contributed by atoms with Crippen LogP contribution in [0.15, 0.2) is 0 Å². The van der Waals surface area contributed by atoms with E-state index in [0.29, 0.717) is 11.8 Å². The molecule has 5 nitrogen and oxygen atoms in total. The standard InChI is InChI=1S/C17H27NO4S2/c1-8-9(2)11-13(23)18-12(16(4,5)24-14(11)18)15(20)22-17(6,7)21-10(3)19/h9,11-12,14H,8H2,1-7H3/t9?,11-,12+,14-/m1/s1. The van der Waals surface area contributed by atoms with E-state index in [0.717, 1.165) is 11.4 Å².